The van der Waals surface area contributed by atoms with Crippen molar-refractivity contribution in [2.24, 2.45) is 0 Å². The summed E-state index contributed by atoms with van der Waals surface area (Å²) in [5.74, 6) is -0.417. The molecule has 3 heterocycles. The zero-order chi connectivity index (χ0) is 21.1. The molecule has 0 spiro atoms. The van der Waals surface area contributed by atoms with Crippen molar-refractivity contribution in [3.63, 3.8) is 0 Å². The number of hydrogen-bond donors (Lipinski definition) is 1. The summed E-state index contributed by atoms with van der Waals surface area (Å²) in [4.78, 5) is 15.6. The first-order chi connectivity index (χ1) is 14.6. The van der Waals surface area contributed by atoms with Crippen LogP contribution in [0.25, 0.3) is 0 Å². The number of cyclic esters (lactones) is 1. The molecule has 4 rings (SSSR count). The van der Waals surface area contributed by atoms with Crippen LogP contribution in [-0.2, 0) is 11.2 Å². The Labute approximate surface area is 171 Å². The molecule has 1 aromatic carbocycles. The number of nitriles is 2. The summed E-state index contributed by atoms with van der Waals surface area (Å²) in [6, 6.07) is 8.65. The normalized spacial score (nSPS) is 18.7. The number of benzene rings is 1. The molecule has 0 unspecified atom stereocenters. The van der Waals surface area contributed by atoms with Gasteiger partial charge in [0.25, 0.3) is 0 Å². The number of H-pyrrole nitrogens is 1. The number of hydrogen-bond acceptors (Lipinski definition) is 7. The van der Waals surface area contributed by atoms with Crippen molar-refractivity contribution in [2.75, 3.05) is 29.4 Å². The first-order valence-electron chi connectivity index (χ1n) is 9.49. The van der Waals surface area contributed by atoms with Crippen LogP contribution in [-0.4, -0.2) is 47.2 Å². The minimum Gasteiger partial charge on any atom is -0.444 e. The highest BCUT2D eigenvalue weighted by Crippen LogP contribution is 2.30. The SMILES string of the molecule is N#CC=C1CCN(c2ccc(N3C[C@H](Cc4n[nH]nc4C#N)OC3=O)cc2F)CC1. The van der Waals surface area contributed by atoms with E-state index in [1.165, 1.54) is 11.0 Å². The van der Waals surface area contributed by atoms with E-state index < -0.39 is 18.0 Å². The molecule has 1 amide bonds. The van der Waals surface area contributed by atoms with Crippen LogP contribution in [0.1, 0.15) is 24.2 Å². The number of piperidine rings is 1. The minimum atomic E-state index is -0.571. The van der Waals surface area contributed by atoms with Gasteiger partial charge in [0.15, 0.2) is 5.69 Å². The van der Waals surface area contributed by atoms with Crippen molar-refractivity contribution < 1.29 is 13.9 Å². The zero-order valence-corrected chi connectivity index (χ0v) is 16.0. The van der Waals surface area contributed by atoms with Crippen molar-refractivity contribution in [3.8, 4) is 12.1 Å². The standard InChI is InChI=1S/C20H18FN7O2/c21-16-9-14(1-2-19(16)27-7-4-13(3-6-22)5-8-27)28-12-15(30-20(28)29)10-17-18(11-23)25-26-24-17/h1-3,9,15H,4-5,7-8,10,12H2,(H,24,25,26)/t15-/m0/s1. The van der Waals surface area contributed by atoms with E-state index in [1.54, 1.807) is 18.2 Å². The number of anilines is 2. The van der Waals surface area contributed by atoms with Gasteiger partial charge in [-0.1, -0.05) is 5.57 Å². The Bertz CT molecular complexity index is 1070. The highest BCUT2D eigenvalue weighted by atomic mass is 19.1. The lowest BCUT2D eigenvalue weighted by Gasteiger charge is -2.30. The minimum absolute atomic E-state index is 0.161. The summed E-state index contributed by atoms with van der Waals surface area (Å²) in [5, 5.41) is 27.8. The van der Waals surface area contributed by atoms with Crippen molar-refractivity contribution in [1.82, 2.24) is 15.4 Å². The Morgan fingerprint density at radius 1 is 1.30 bits per heavy atom. The third-order valence-corrected chi connectivity index (χ3v) is 5.28. The predicted molar refractivity (Wildman–Crippen MR) is 104 cm³/mol. The molecule has 2 aliphatic rings. The Balaban J connectivity index is 1.44. The Hall–Kier alpha value is -3.92. The molecular formula is C20H18FN7O2. The molecule has 9 nitrogen and oxygen atoms in total. The molecular weight excluding hydrogens is 389 g/mol. The fourth-order valence-electron chi connectivity index (χ4n) is 3.73. The van der Waals surface area contributed by atoms with Crippen LogP contribution in [0.3, 0.4) is 0 Å². The molecule has 0 radical (unpaired) electrons. The third-order valence-electron chi connectivity index (χ3n) is 5.28. The van der Waals surface area contributed by atoms with E-state index in [9.17, 15) is 9.18 Å². The summed E-state index contributed by atoms with van der Waals surface area (Å²) in [6.07, 6.45) is 2.17. The summed E-state index contributed by atoms with van der Waals surface area (Å²) >= 11 is 0. The van der Waals surface area contributed by atoms with Gasteiger partial charge in [-0.05, 0) is 31.0 Å². The second kappa shape index (κ2) is 8.21. The van der Waals surface area contributed by atoms with Crippen LogP contribution in [0, 0.1) is 28.5 Å². The monoisotopic (exact) mass is 407 g/mol. The average molecular weight is 407 g/mol. The number of halogens is 1. The fourth-order valence-corrected chi connectivity index (χ4v) is 3.73. The number of aromatic nitrogens is 3. The molecule has 0 saturated carbocycles. The first kappa shape index (κ1) is 19.4. The van der Waals surface area contributed by atoms with Crippen LogP contribution >= 0.6 is 0 Å². The van der Waals surface area contributed by atoms with Gasteiger partial charge < -0.3 is 9.64 Å². The van der Waals surface area contributed by atoms with Gasteiger partial charge in [-0.15, -0.1) is 5.10 Å². The summed E-state index contributed by atoms with van der Waals surface area (Å²) in [5.41, 5.74) is 2.54. The number of carbonyl (C=O) groups is 1. The van der Waals surface area contributed by atoms with E-state index in [0.717, 1.165) is 18.4 Å². The molecule has 0 bridgehead atoms. The highest BCUT2D eigenvalue weighted by molar-refractivity contribution is 5.90. The van der Waals surface area contributed by atoms with Crippen LogP contribution in [0.2, 0.25) is 0 Å². The van der Waals surface area contributed by atoms with Crippen LogP contribution in [0.15, 0.2) is 29.8 Å². The predicted octanol–water partition coefficient (Wildman–Crippen LogP) is 2.43. The highest BCUT2D eigenvalue weighted by Gasteiger charge is 2.34. The van der Waals surface area contributed by atoms with Gasteiger partial charge in [0.1, 0.15) is 23.7 Å². The van der Waals surface area contributed by atoms with Crippen LogP contribution < -0.4 is 9.80 Å². The third kappa shape index (κ3) is 3.80. The van der Waals surface area contributed by atoms with Crippen molar-refractivity contribution in [3.05, 3.63) is 47.1 Å². The number of carbonyl (C=O) groups excluding carboxylic acids is 1. The Morgan fingerprint density at radius 2 is 2.10 bits per heavy atom. The van der Waals surface area contributed by atoms with Gasteiger partial charge in [0.05, 0.1) is 24.0 Å². The van der Waals surface area contributed by atoms with E-state index in [1.807, 2.05) is 17.0 Å². The van der Waals surface area contributed by atoms with Crippen molar-refractivity contribution >= 4 is 17.5 Å². The molecule has 10 heteroatoms. The quantitative estimate of drug-likeness (QED) is 0.772. The Kier molecular flexibility index (Phi) is 5.31. The lowest BCUT2D eigenvalue weighted by atomic mass is 10.0. The molecule has 152 valence electrons. The van der Waals surface area contributed by atoms with E-state index >= 15 is 0 Å². The van der Waals surface area contributed by atoms with E-state index in [-0.39, 0.29) is 18.7 Å². The molecule has 1 atom stereocenters. The average Bonchev–Trinajstić information content (AvgIpc) is 3.35. The number of amides is 1. The molecule has 2 fully saturated rings. The molecule has 30 heavy (non-hydrogen) atoms. The molecule has 2 aliphatic heterocycles. The fraction of sp³-hybridized carbons (Fsp3) is 0.350. The maximum Gasteiger partial charge on any atom is 0.414 e. The van der Waals surface area contributed by atoms with Crippen LogP contribution in [0.5, 0.6) is 0 Å². The topological polar surface area (TPSA) is 122 Å². The van der Waals surface area contributed by atoms with Gasteiger partial charge in [-0.2, -0.15) is 20.8 Å². The number of ether oxygens (including phenoxy) is 1. The van der Waals surface area contributed by atoms with Gasteiger partial charge in [0, 0.05) is 25.6 Å². The molecule has 1 aromatic heterocycles. The summed E-state index contributed by atoms with van der Waals surface area (Å²) in [6.45, 7) is 1.49. The molecule has 2 saturated heterocycles. The maximum atomic E-state index is 14.8. The molecule has 2 aromatic rings. The molecule has 1 N–H and O–H groups in total. The second-order valence-electron chi connectivity index (χ2n) is 7.11. The smallest absolute Gasteiger partial charge is 0.414 e. The lowest BCUT2D eigenvalue weighted by Crippen LogP contribution is -2.31. The lowest BCUT2D eigenvalue weighted by molar-refractivity contribution is 0.141. The second-order valence-corrected chi connectivity index (χ2v) is 7.11. The van der Waals surface area contributed by atoms with E-state index in [4.69, 9.17) is 15.3 Å². The largest absolute Gasteiger partial charge is 0.444 e. The first-order valence-corrected chi connectivity index (χ1v) is 9.49. The zero-order valence-electron chi connectivity index (χ0n) is 16.0. The van der Waals surface area contributed by atoms with Gasteiger partial charge >= 0.3 is 6.09 Å². The number of allylic oxidation sites excluding steroid dienone is 1. The van der Waals surface area contributed by atoms with Crippen molar-refractivity contribution in [2.45, 2.75) is 25.4 Å². The Morgan fingerprint density at radius 3 is 2.80 bits per heavy atom. The van der Waals surface area contributed by atoms with Gasteiger partial charge in [-0.25, -0.2) is 9.18 Å². The molecule has 0 aliphatic carbocycles. The van der Waals surface area contributed by atoms with E-state index in [2.05, 4.69) is 15.4 Å². The van der Waals surface area contributed by atoms with Crippen molar-refractivity contribution in [1.29, 1.82) is 10.5 Å². The van der Waals surface area contributed by atoms with Crippen LogP contribution in [0.4, 0.5) is 20.6 Å². The number of aromatic amines is 1. The number of nitrogens with one attached hydrogen (secondary N) is 1. The summed E-state index contributed by atoms with van der Waals surface area (Å²) < 4.78 is 20.2. The van der Waals surface area contributed by atoms with Gasteiger partial charge in [-0.3, -0.25) is 4.90 Å². The maximum absolute atomic E-state index is 14.8. The number of nitrogens with zero attached hydrogens (tertiary/aromatic N) is 6. The number of rotatable bonds is 4. The summed E-state index contributed by atoms with van der Waals surface area (Å²) in [7, 11) is 0. The van der Waals surface area contributed by atoms with Gasteiger partial charge in [0.2, 0.25) is 0 Å². The van der Waals surface area contributed by atoms with E-state index in [0.29, 0.717) is 30.2 Å².